The first-order valence-electron chi connectivity index (χ1n) is 13.0. The Morgan fingerprint density at radius 3 is 1.49 bits per heavy atom. The van der Waals surface area contributed by atoms with E-state index in [0.29, 0.717) is 0 Å². The molecule has 0 N–H and O–H groups in total. The Kier molecular flexibility index (Phi) is 16.7. The average molecular weight is 683 g/mol. The summed E-state index contributed by atoms with van der Waals surface area (Å²) >= 11 is 24.7. The van der Waals surface area contributed by atoms with Crippen molar-refractivity contribution in [2.45, 2.75) is 67.4 Å². The van der Waals surface area contributed by atoms with E-state index in [2.05, 4.69) is 143 Å². The Morgan fingerprint density at radius 2 is 1.09 bits per heavy atom. The highest BCUT2D eigenvalue weighted by Crippen LogP contribution is 2.56. The maximum Gasteiger partial charge on any atom is 0.0636 e. The molecule has 0 aromatic carbocycles. The lowest BCUT2D eigenvalue weighted by molar-refractivity contribution is 0.972. The molecular weight excluding hydrogens is 641 g/mol. The second kappa shape index (κ2) is 18.4. The van der Waals surface area contributed by atoms with Gasteiger partial charge < -0.3 is 0 Å². The molecule has 4 rings (SSSR count). The molecule has 4 saturated heterocycles. The van der Waals surface area contributed by atoms with Crippen LogP contribution in [0.2, 0.25) is 0 Å². The van der Waals surface area contributed by atoms with E-state index in [1.807, 2.05) is 0 Å². The van der Waals surface area contributed by atoms with Gasteiger partial charge in [-0.1, -0.05) is 13.8 Å². The summed E-state index contributed by atoms with van der Waals surface area (Å²) < 4.78 is 1.79. The molecule has 0 spiro atoms. The smallest absolute Gasteiger partial charge is 0.0636 e. The van der Waals surface area contributed by atoms with Gasteiger partial charge in [0.05, 0.1) is 9.16 Å². The van der Waals surface area contributed by atoms with Crippen LogP contribution in [0.3, 0.4) is 0 Å². The minimum Gasteiger partial charge on any atom is -0.160 e. The van der Waals surface area contributed by atoms with E-state index in [1.165, 1.54) is 81.9 Å². The lowest BCUT2D eigenvalue weighted by atomic mass is 10.4. The Balaban J connectivity index is 1.16. The van der Waals surface area contributed by atoms with Crippen molar-refractivity contribution in [2.75, 3.05) is 69.0 Å². The van der Waals surface area contributed by atoms with Gasteiger partial charge in [-0.25, -0.2) is 0 Å². The van der Waals surface area contributed by atoms with Gasteiger partial charge in [-0.05, 0) is 24.3 Å². The molecule has 35 heavy (non-hydrogen) atoms. The first kappa shape index (κ1) is 31.8. The van der Waals surface area contributed by atoms with Crippen LogP contribution in [0, 0.1) is 0 Å². The van der Waals surface area contributed by atoms with Crippen LogP contribution in [0.4, 0.5) is 0 Å². The first-order valence-corrected chi connectivity index (χ1v) is 24.7. The molecule has 4 fully saturated rings. The molecule has 11 heteroatoms. The van der Waals surface area contributed by atoms with Crippen molar-refractivity contribution in [1.29, 1.82) is 0 Å². The predicted molar refractivity (Wildman–Crippen MR) is 193 cm³/mol. The maximum absolute atomic E-state index is 2.33. The monoisotopic (exact) mass is 682 g/mol. The highest BCUT2D eigenvalue weighted by Gasteiger charge is 2.46. The highest BCUT2D eigenvalue weighted by atomic mass is 32.2. The summed E-state index contributed by atoms with van der Waals surface area (Å²) in [6, 6.07) is 0. The minimum absolute atomic E-state index is 0.865. The number of rotatable bonds is 24. The molecule has 0 saturated carbocycles. The normalized spacial score (nSPS) is 32.4. The summed E-state index contributed by atoms with van der Waals surface area (Å²) in [6.45, 7) is 4.66. The fourth-order valence-electron chi connectivity index (χ4n) is 3.53. The predicted octanol–water partition coefficient (Wildman–Crippen LogP) is 8.79. The fraction of sp³-hybridized carbons (Fsp3) is 1.00. The zero-order valence-corrected chi connectivity index (χ0v) is 30.0. The molecule has 0 bridgehead atoms. The summed E-state index contributed by atoms with van der Waals surface area (Å²) in [7, 11) is 0. The van der Waals surface area contributed by atoms with Crippen LogP contribution in [-0.2, 0) is 0 Å². The van der Waals surface area contributed by atoms with Gasteiger partial charge >= 0.3 is 0 Å². The Labute approximate surface area is 262 Å². The standard InChI is InChI=1S/C24H42S11/c1-3-5-30-23-21(34-23)19(28-9-7-25-11-17-13-32-17)15-27-16-20(22-24(35-22)31-6-4-2)29-10-8-26-12-18-14-33-18/h17-24H,3-16H2,1-2H3. The lowest BCUT2D eigenvalue weighted by Gasteiger charge is -2.19. The Morgan fingerprint density at radius 1 is 0.629 bits per heavy atom. The van der Waals surface area contributed by atoms with Crippen LogP contribution in [0.15, 0.2) is 0 Å². The molecule has 4 heterocycles. The summed E-state index contributed by atoms with van der Waals surface area (Å²) in [5, 5.41) is 5.54. The lowest BCUT2D eigenvalue weighted by Crippen LogP contribution is -2.21. The van der Waals surface area contributed by atoms with Crippen LogP contribution >= 0.6 is 129 Å². The van der Waals surface area contributed by atoms with Crippen molar-refractivity contribution in [1.82, 2.24) is 0 Å². The molecule has 8 unspecified atom stereocenters. The van der Waals surface area contributed by atoms with E-state index < -0.39 is 0 Å². The zero-order chi connectivity index (χ0) is 24.3. The third kappa shape index (κ3) is 13.6. The second-order valence-corrected chi connectivity index (χ2v) is 23.6. The van der Waals surface area contributed by atoms with E-state index in [1.54, 1.807) is 0 Å². The highest BCUT2D eigenvalue weighted by molar-refractivity contribution is 8.25. The molecular formula is C24H42S11. The second-order valence-electron chi connectivity index (χ2n) is 9.10. The van der Waals surface area contributed by atoms with Crippen molar-refractivity contribution < 1.29 is 0 Å². The molecule has 0 radical (unpaired) electrons. The molecule has 8 atom stereocenters. The molecule has 0 aromatic heterocycles. The van der Waals surface area contributed by atoms with E-state index in [9.17, 15) is 0 Å². The van der Waals surface area contributed by atoms with Crippen LogP contribution in [-0.4, -0.2) is 110 Å². The number of thioether (sulfide) groups is 11. The number of hydrogen-bond acceptors (Lipinski definition) is 11. The van der Waals surface area contributed by atoms with E-state index in [4.69, 9.17) is 0 Å². The van der Waals surface area contributed by atoms with Crippen LogP contribution < -0.4 is 0 Å². The van der Waals surface area contributed by atoms with Crippen molar-refractivity contribution in [3.8, 4) is 0 Å². The minimum atomic E-state index is 0.865. The van der Waals surface area contributed by atoms with Gasteiger partial charge in [0.1, 0.15) is 0 Å². The summed E-state index contributed by atoms with van der Waals surface area (Å²) in [5.41, 5.74) is 0. The quantitative estimate of drug-likeness (QED) is 0.0709. The van der Waals surface area contributed by atoms with Crippen LogP contribution in [0.1, 0.15) is 26.7 Å². The molecule has 4 aliphatic heterocycles. The molecule has 0 nitrogen and oxygen atoms in total. The molecule has 4 aliphatic rings. The SMILES string of the molecule is CCCSC1SC1C(CSCC(SCCSCC1CS1)C1SC1SCCC)SCCSCC1CS1. The van der Waals surface area contributed by atoms with Gasteiger partial charge in [0, 0.05) is 89.0 Å². The largest absolute Gasteiger partial charge is 0.160 e. The number of hydrogen-bond donors (Lipinski definition) is 0. The van der Waals surface area contributed by atoms with E-state index in [-0.39, 0.29) is 0 Å². The van der Waals surface area contributed by atoms with Gasteiger partial charge in [0.15, 0.2) is 0 Å². The average Bonchev–Trinajstić information content (AvgIpc) is 3.68. The van der Waals surface area contributed by atoms with Crippen molar-refractivity contribution >= 4 is 129 Å². The third-order valence-corrected chi connectivity index (χ3v) is 22.2. The van der Waals surface area contributed by atoms with Gasteiger partial charge in [-0.2, -0.15) is 82.3 Å². The van der Waals surface area contributed by atoms with Gasteiger partial charge in [-0.3, -0.25) is 0 Å². The van der Waals surface area contributed by atoms with Gasteiger partial charge in [0.2, 0.25) is 0 Å². The maximum atomic E-state index is 2.33. The third-order valence-electron chi connectivity index (χ3n) is 5.77. The molecule has 0 aromatic rings. The van der Waals surface area contributed by atoms with E-state index in [0.717, 1.165) is 40.7 Å². The van der Waals surface area contributed by atoms with Crippen LogP contribution in [0.5, 0.6) is 0 Å². The zero-order valence-electron chi connectivity index (χ0n) is 21.0. The molecule has 0 amide bonds. The van der Waals surface area contributed by atoms with Crippen molar-refractivity contribution in [3.63, 3.8) is 0 Å². The van der Waals surface area contributed by atoms with Gasteiger partial charge in [-0.15, -0.1) is 47.0 Å². The summed E-state index contributed by atoms with van der Waals surface area (Å²) in [6.07, 6.45) is 2.65. The molecule has 204 valence electrons. The van der Waals surface area contributed by atoms with E-state index >= 15 is 0 Å². The van der Waals surface area contributed by atoms with Crippen molar-refractivity contribution in [3.05, 3.63) is 0 Å². The first-order chi connectivity index (χ1) is 17.3. The summed E-state index contributed by atoms with van der Waals surface area (Å²) in [5.74, 6) is 16.5. The molecule has 0 aliphatic carbocycles. The fourth-order valence-corrected chi connectivity index (χ4v) is 19.2. The van der Waals surface area contributed by atoms with Crippen molar-refractivity contribution in [2.24, 2.45) is 0 Å². The Hall–Kier alpha value is 3.85. The van der Waals surface area contributed by atoms with Crippen LogP contribution in [0.25, 0.3) is 0 Å². The summed E-state index contributed by atoms with van der Waals surface area (Å²) in [4.78, 5) is 0. The van der Waals surface area contributed by atoms with Gasteiger partial charge in [0.25, 0.3) is 0 Å². The Bertz CT molecular complexity index is 526. The topological polar surface area (TPSA) is 0 Å².